The van der Waals surface area contributed by atoms with E-state index < -0.39 is 0 Å². The maximum Gasteiger partial charge on any atom is 0.315 e. The van der Waals surface area contributed by atoms with Crippen LogP contribution in [0.2, 0.25) is 0 Å². The zero-order chi connectivity index (χ0) is 16.2. The number of nitrogens with zero attached hydrogens (tertiary/aromatic N) is 2. The van der Waals surface area contributed by atoms with Gasteiger partial charge in [0.2, 0.25) is 0 Å². The van der Waals surface area contributed by atoms with Crippen molar-refractivity contribution in [1.29, 1.82) is 0 Å². The lowest BCUT2D eigenvalue weighted by Crippen LogP contribution is -2.43. The Bertz CT molecular complexity index is 667. The Morgan fingerprint density at radius 3 is 2.57 bits per heavy atom. The van der Waals surface area contributed by atoms with Crippen LogP contribution in [0.25, 0.3) is 0 Å². The third-order valence-corrected chi connectivity index (χ3v) is 4.32. The molecule has 0 radical (unpaired) electrons. The van der Waals surface area contributed by atoms with E-state index in [0.29, 0.717) is 6.54 Å². The van der Waals surface area contributed by atoms with Crippen LogP contribution in [0, 0.1) is 13.8 Å². The van der Waals surface area contributed by atoms with E-state index in [2.05, 4.69) is 53.0 Å². The summed E-state index contributed by atoms with van der Waals surface area (Å²) in [6.07, 6.45) is 2.73. The standard InChI is InChI=1S/C18H24N4O/c1-13-10-14(2)22(21-13)9-5-8-19-18(23)20-17-11-15-6-3-4-7-16(15)12-17/h3-4,6-7,10,17H,5,8-9,11-12H2,1-2H3,(H2,19,20,23). The zero-order valence-electron chi connectivity index (χ0n) is 13.8. The van der Waals surface area contributed by atoms with Gasteiger partial charge in [-0.2, -0.15) is 5.10 Å². The number of hydrogen-bond acceptors (Lipinski definition) is 2. The number of aromatic nitrogens is 2. The molecule has 1 aromatic carbocycles. The van der Waals surface area contributed by atoms with Crippen LogP contribution in [0.1, 0.15) is 28.9 Å². The van der Waals surface area contributed by atoms with Crippen molar-refractivity contribution in [2.24, 2.45) is 0 Å². The van der Waals surface area contributed by atoms with Gasteiger partial charge in [0.15, 0.2) is 0 Å². The van der Waals surface area contributed by atoms with Crippen molar-refractivity contribution in [3.8, 4) is 0 Å². The fraction of sp³-hybridized carbons (Fsp3) is 0.444. The number of aryl methyl sites for hydroxylation is 3. The second kappa shape index (κ2) is 6.86. The molecule has 0 saturated heterocycles. The minimum Gasteiger partial charge on any atom is -0.338 e. The molecule has 1 aliphatic rings. The first-order valence-corrected chi connectivity index (χ1v) is 8.24. The number of fused-ring (bicyclic) bond motifs is 1. The number of hydrogen-bond donors (Lipinski definition) is 2. The molecule has 0 saturated carbocycles. The molecule has 0 spiro atoms. The van der Waals surface area contributed by atoms with Crippen LogP contribution < -0.4 is 10.6 Å². The van der Waals surface area contributed by atoms with E-state index >= 15 is 0 Å². The largest absolute Gasteiger partial charge is 0.338 e. The number of carbonyl (C=O) groups excluding carboxylic acids is 1. The summed E-state index contributed by atoms with van der Waals surface area (Å²) in [5.41, 5.74) is 4.90. The van der Waals surface area contributed by atoms with Crippen LogP contribution in [0.3, 0.4) is 0 Å². The molecule has 1 aliphatic carbocycles. The van der Waals surface area contributed by atoms with E-state index in [0.717, 1.165) is 37.2 Å². The molecule has 5 nitrogen and oxygen atoms in total. The predicted octanol–water partition coefficient (Wildman–Crippen LogP) is 2.36. The van der Waals surface area contributed by atoms with E-state index in [9.17, 15) is 4.79 Å². The molecule has 1 aromatic heterocycles. The second-order valence-electron chi connectivity index (χ2n) is 6.28. The van der Waals surface area contributed by atoms with Crippen LogP contribution >= 0.6 is 0 Å². The van der Waals surface area contributed by atoms with E-state index in [-0.39, 0.29) is 12.1 Å². The zero-order valence-corrected chi connectivity index (χ0v) is 13.8. The fourth-order valence-corrected chi connectivity index (χ4v) is 3.23. The molecule has 2 N–H and O–H groups in total. The highest BCUT2D eigenvalue weighted by Crippen LogP contribution is 2.21. The number of benzene rings is 1. The quantitative estimate of drug-likeness (QED) is 0.833. The molecule has 2 aromatic rings. The van der Waals surface area contributed by atoms with Gasteiger partial charge in [0.1, 0.15) is 0 Å². The number of amides is 2. The normalized spacial score (nSPS) is 13.8. The van der Waals surface area contributed by atoms with Gasteiger partial charge in [-0.25, -0.2) is 4.79 Å². The summed E-state index contributed by atoms with van der Waals surface area (Å²) in [5.74, 6) is 0. The molecule has 0 atom stereocenters. The Labute approximate surface area is 137 Å². The maximum absolute atomic E-state index is 12.0. The van der Waals surface area contributed by atoms with Gasteiger partial charge in [-0.05, 0) is 50.3 Å². The van der Waals surface area contributed by atoms with Gasteiger partial charge in [0.05, 0.1) is 5.69 Å². The Morgan fingerprint density at radius 2 is 1.96 bits per heavy atom. The molecular weight excluding hydrogens is 288 g/mol. The lowest BCUT2D eigenvalue weighted by atomic mass is 10.1. The molecule has 0 unspecified atom stereocenters. The summed E-state index contributed by atoms with van der Waals surface area (Å²) in [7, 11) is 0. The third-order valence-electron chi connectivity index (χ3n) is 4.32. The van der Waals surface area contributed by atoms with E-state index in [1.807, 2.05) is 11.6 Å². The van der Waals surface area contributed by atoms with Crippen molar-refractivity contribution in [1.82, 2.24) is 20.4 Å². The number of rotatable bonds is 5. The topological polar surface area (TPSA) is 59.0 Å². The lowest BCUT2D eigenvalue weighted by Gasteiger charge is -2.13. The summed E-state index contributed by atoms with van der Waals surface area (Å²) >= 11 is 0. The average Bonchev–Trinajstić information content (AvgIpc) is 3.05. The monoisotopic (exact) mass is 312 g/mol. The van der Waals surface area contributed by atoms with Crippen molar-refractivity contribution in [2.75, 3.05) is 6.54 Å². The molecule has 3 rings (SSSR count). The maximum atomic E-state index is 12.0. The Morgan fingerprint density at radius 1 is 1.26 bits per heavy atom. The molecule has 5 heteroatoms. The van der Waals surface area contributed by atoms with Crippen LogP contribution in [0.5, 0.6) is 0 Å². The number of nitrogens with one attached hydrogen (secondary N) is 2. The van der Waals surface area contributed by atoms with Crippen molar-refractivity contribution in [3.63, 3.8) is 0 Å². The van der Waals surface area contributed by atoms with Gasteiger partial charge < -0.3 is 10.6 Å². The van der Waals surface area contributed by atoms with E-state index in [1.165, 1.54) is 11.1 Å². The van der Waals surface area contributed by atoms with Crippen molar-refractivity contribution in [3.05, 3.63) is 52.8 Å². The van der Waals surface area contributed by atoms with Gasteiger partial charge in [0.25, 0.3) is 0 Å². The minimum absolute atomic E-state index is 0.0730. The first kappa shape index (κ1) is 15.6. The molecule has 0 aliphatic heterocycles. The first-order valence-electron chi connectivity index (χ1n) is 8.24. The molecule has 1 heterocycles. The lowest BCUT2D eigenvalue weighted by molar-refractivity contribution is 0.237. The van der Waals surface area contributed by atoms with E-state index in [4.69, 9.17) is 0 Å². The van der Waals surface area contributed by atoms with Gasteiger partial charge in [-0.1, -0.05) is 24.3 Å². The first-order chi connectivity index (χ1) is 11.1. The van der Waals surface area contributed by atoms with Gasteiger partial charge in [0, 0.05) is 24.8 Å². The van der Waals surface area contributed by atoms with Crippen LogP contribution in [0.15, 0.2) is 30.3 Å². The second-order valence-corrected chi connectivity index (χ2v) is 6.28. The SMILES string of the molecule is Cc1cc(C)n(CCCNC(=O)NC2Cc3ccccc3C2)n1. The molecular formula is C18H24N4O. The smallest absolute Gasteiger partial charge is 0.315 e. The number of urea groups is 1. The molecule has 0 bridgehead atoms. The summed E-state index contributed by atoms with van der Waals surface area (Å²) in [4.78, 5) is 12.0. The van der Waals surface area contributed by atoms with E-state index in [1.54, 1.807) is 0 Å². The van der Waals surface area contributed by atoms with Crippen LogP contribution in [-0.2, 0) is 19.4 Å². The fourth-order valence-electron chi connectivity index (χ4n) is 3.23. The van der Waals surface area contributed by atoms with Gasteiger partial charge in [-0.3, -0.25) is 4.68 Å². The van der Waals surface area contributed by atoms with Crippen LogP contribution in [0.4, 0.5) is 4.79 Å². The molecule has 122 valence electrons. The predicted molar refractivity (Wildman–Crippen MR) is 90.5 cm³/mol. The van der Waals surface area contributed by atoms with Crippen molar-refractivity contribution in [2.45, 2.75) is 45.7 Å². The average molecular weight is 312 g/mol. The highest BCUT2D eigenvalue weighted by Gasteiger charge is 2.21. The highest BCUT2D eigenvalue weighted by atomic mass is 16.2. The third kappa shape index (κ3) is 3.92. The Kier molecular flexibility index (Phi) is 4.65. The summed E-state index contributed by atoms with van der Waals surface area (Å²) in [6, 6.07) is 10.6. The Balaban J connectivity index is 1.37. The van der Waals surface area contributed by atoms with Crippen molar-refractivity contribution < 1.29 is 4.79 Å². The summed E-state index contributed by atoms with van der Waals surface area (Å²) in [5, 5.41) is 10.4. The molecule has 0 fully saturated rings. The molecule has 23 heavy (non-hydrogen) atoms. The van der Waals surface area contributed by atoms with Gasteiger partial charge in [-0.15, -0.1) is 0 Å². The molecule has 2 amide bonds. The number of carbonyl (C=O) groups is 1. The van der Waals surface area contributed by atoms with Crippen molar-refractivity contribution >= 4 is 6.03 Å². The minimum atomic E-state index is -0.0730. The van der Waals surface area contributed by atoms with Gasteiger partial charge >= 0.3 is 6.03 Å². The Hall–Kier alpha value is -2.30. The summed E-state index contributed by atoms with van der Waals surface area (Å²) < 4.78 is 1.99. The summed E-state index contributed by atoms with van der Waals surface area (Å²) in [6.45, 7) is 5.53. The van der Waals surface area contributed by atoms with Crippen LogP contribution in [-0.4, -0.2) is 28.4 Å². The highest BCUT2D eigenvalue weighted by molar-refractivity contribution is 5.74.